The molecule has 2 aliphatic heterocycles. The molecule has 0 spiro atoms. The maximum Gasteiger partial charge on any atom is 0.229 e. The van der Waals surface area contributed by atoms with Crippen molar-refractivity contribution < 1.29 is 17.9 Å². The van der Waals surface area contributed by atoms with E-state index in [1.807, 2.05) is 35.2 Å². The van der Waals surface area contributed by atoms with Crippen LogP contribution in [-0.2, 0) is 21.3 Å². The van der Waals surface area contributed by atoms with Crippen molar-refractivity contribution in [2.45, 2.75) is 37.6 Å². The molecule has 0 radical (unpaired) electrons. The van der Waals surface area contributed by atoms with E-state index in [1.165, 1.54) is 7.11 Å². The molecular formula is C25H29N5O4S2. The summed E-state index contributed by atoms with van der Waals surface area (Å²) >= 11 is 5.84. The number of ether oxygens (including phenoxy) is 2. The molecule has 2 aliphatic rings. The highest BCUT2D eigenvalue weighted by Gasteiger charge is 2.42. The molecule has 11 heteroatoms. The molecule has 2 aromatic heterocycles. The number of nitrogens with zero attached hydrogens (tertiary/aromatic N) is 3. The van der Waals surface area contributed by atoms with Gasteiger partial charge in [-0.05, 0) is 61.5 Å². The number of pyridine rings is 1. The van der Waals surface area contributed by atoms with Crippen molar-refractivity contribution in [2.24, 2.45) is 0 Å². The van der Waals surface area contributed by atoms with Crippen LogP contribution in [0.25, 0.3) is 0 Å². The van der Waals surface area contributed by atoms with Crippen LogP contribution in [0.3, 0.4) is 0 Å². The van der Waals surface area contributed by atoms with Crippen molar-refractivity contribution in [3.8, 4) is 5.75 Å². The highest BCUT2D eigenvalue weighted by atomic mass is 32.2. The maximum atomic E-state index is 11.8. The van der Waals surface area contributed by atoms with Crippen LogP contribution in [-0.4, -0.2) is 49.2 Å². The Labute approximate surface area is 216 Å². The lowest BCUT2D eigenvalue weighted by Crippen LogP contribution is -2.31. The number of methoxy groups -OCH3 is 1. The van der Waals surface area contributed by atoms with Crippen LogP contribution in [0.5, 0.6) is 5.75 Å². The number of benzene rings is 1. The summed E-state index contributed by atoms with van der Waals surface area (Å²) in [6.07, 6.45) is 7.26. The average molecular weight is 528 g/mol. The Morgan fingerprint density at radius 3 is 2.81 bits per heavy atom. The molecule has 9 nitrogen and oxygen atoms in total. The second kappa shape index (κ2) is 10.1. The first-order valence-corrected chi connectivity index (χ1v) is 14.1. The first-order chi connectivity index (χ1) is 17.3. The third-order valence-electron chi connectivity index (χ3n) is 6.45. The quantitative estimate of drug-likeness (QED) is 0.429. The van der Waals surface area contributed by atoms with Gasteiger partial charge in [0.2, 0.25) is 10.0 Å². The SMILES string of the molecule is COc1cc(N2C(=S)N[C@H](c3ccccn3)[C@H]2c2cccn2C[C@H]2CCCO2)ccc1NS(C)(=O)=O. The number of rotatable bonds is 8. The van der Waals surface area contributed by atoms with Gasteiger partial charge in [0.05, 0.1) is 36.9 Å². The van der Waals surface area contributed by atoms with Gasteiger partial charge in [-0.15, -0.1) is 0 Å². The summed E-state index contributed by atoms with van der Waals surface area (Å²) in [7, 11) is -1.96. The van der Waals surface area contributed by atoms with Gasteiger partial charge in [-0.3, -0.25) is 9.71 Å². The number of sulfonamides is 1. The lowest BCUT2D eigenvalue weighted by atomic mass is 10.0. The van der Waals surface area contributed by atoms with Crippen molar-refractivity contribution in [2.75, 3.05) is 29.6 Å². The van der Waals surface area contributed by atoms with Gasteiger partial charge in [-0.25, -0.2) is 8.42 Å². The van der Waals surface area contributed by atoms with Gasteiger partial charge < -0.3 is 24.3 Å². The summed E-state index contributed by atoms with van der Waals surface area (Å²) in [6, 6.07) is 14.9. The summed E-state index contributed by atoms with van der Waals surface area (Å²) in [5.74, 6) is 0.399. The van der Waals surface area contributed by atoms with E-state index in [0.717, 1.165) is 49.3 Å². The summed E-state index contributed by atoms with van der Waals surface area (Å²) in [5.41, 5.74) is 3.09. The molecule has 3 atom stereocenters. The normalized spacial score (nSPS) is 22.0. The zero-order valence-corrected chi connectivity index (χ0v) is 21.8. The Bertz CT molecular complexity index is 1340. The molecule has 3 aromatic rings. The van der Waals surface area contributed by atoms with Crippen molar-refractivity contribution in [1.29, 1.82) is 0 Å². The summed E-state index contributed by atoms with van der Waals surface area (Å²) in [6.45, 7) is 1.56. The van der Waals surface area contributed by atoms with E-state index in [2.05, 4.69) is 31.9 Å². The van der Waals surface area contributed by atoms with E-state index in [-0.39, 0.29) is 18.2 Å². The minimum atomic E-state index is -3.47. The predicted molar refractivity (Wildman–Crippen MR) is 143 cm³/mol. The molecule has 1 aromatic carbocycles. The van der Waals surface area contributed by atoms with Crippen LogP contribution >= 0.6 is 12.2 Å². The maximum absolute atomic E-state index is 11.8. The van der Waals surface area contributed by atoms with Crippen LogP contribution in [0.2, 0.25) is 0 Å². The molecule has 2 fully saturated rings. The highest BCUT2D eigenvalue weighted by Crippen LogP contribution is 2.43. The first-order valence-electron chi connectivity index (χ1n) is 11.8. The predicted octanol–water partition coefficient (Wildman–Crippen LogP) is 3.62. The van der Waals surface area contributed by atoms with E-state index in [1.54, 1.807) is 18.3 Å². The largest absolute Gasteiger partial charge is 0.494 e. The number of thiocarbonyl (C=S) groups is 1. The monoisotopic (exact) mass is 527 g/mol. The van der Waals surface area contributed by atoms with Gasteiger partial charge in [0.1, 0.15) is 11.8 Å². The molecule has 0 amide bonds. The molecule has 0 unspecified atom stereocenters. The summed E-state index contributed by atoms with van der Waals surface area (Å²) in [4.78, 5) is 6.66. The Morgan fingerprint density at radius 1 is 1.25 bits per heavy atom. The molecule has 4 heterocycles. The smallest absolute Gasteiger partial charge is 0.229 e. The minimum absolute atomic E-state index is 0.181. The van der Waals surface area contributed by atoms with E-state index in [0.29, 0.717) is 16.5 Å². The van der Waals surface area contributed by atoms with Crippen molar-refractivity contribution in [1.82, 2.24) is 14.9 Å². The number of aromatic nitrogens is 2. The van der Waals surface area contributed by atoms with E-state index in [9.17, 15) is 8.42 Å². The Balaban J connectivity index is 1.57. The Hall–Kier alpha value is -3.15. The van der Waals surface area contributed by atoms with Crippen LogP contribution in [0, 0.1) is 0 Å². The molecule has 2 saturated heterocycles. The van der Waals surface area contributed by atoms with Crippen LogP contribution in [0.15, 0.2) is 60.9 Å². The number of hydrogen-bond acceptors (Lipinski definition) is 6. The van der Waals surface area contributed by atoms with Crippen molar-refractivity contribution in [3.05, 3.63) is 72.3 Å². The van der Waals surface area contributed by atoms with Crippen molar-refractivity contribution in [3.63, 3.8) is 0 Å². The average Bonchev–Trinajstić information content (AvgIpc) is 3.60. The minimum Gasteiger partial charge on any atom is -0.494 e. The zero-order valence-electron chi connectivity index (χ0n) is 20.1. The first kappa shape index (κ1) is 24.5. The fourth-order valence-corrected chi connectivity index (χ4v) is 5.83. The third-order valence-corrected chi connectivity index (χ3v) is 7.35. The van der Waals surface area contributed by atoms with E-state index in [4.69, 9.17) is 21.7 Å². The van der Waals surface area contributed by atoms with Gasteiger partial charge in [0.25, 0.3) is 0 Å². The molecule has 0 saturated carbocycles. The zero-order chi connectivity index (χ0) is 25.3. The highest BCUT2D eigenvalue weighted by molar-refractivity contribution is 7.92. The second-order valence-electron chi connectivity index (χ2n) is 8.98. The lowest BCUT2D eigenvalue weighted by molar-refractivity contribution is 0.0961. The summed E-state index contributed by atoms with van der Waals surface area (Å²) in [5, 5.41) is 4.01. The Kier molecular flexibility index (Phi) is 6.87. The van der Waals surface area contributed by atoms with Gasteiger partial charge in [0, 0.05) is 43.0 Å². The molecular weight excluding hydrogens is 498 g/mol. The topological polar surface area (TPSA) is 97.7 Å². The third kappa shape index (κ3) is 5.04. The molecule has 0 aliphatic carbocycles. The van der Waals surface area contributed by atoms with Gasteiger partial charge in [-0.2, -0.15) is 0 Å². The molecule has 2 N–H and O–H groups in total. The van der Waals surface area contributed by atoms with Crippen molar-refractivity contribution >= 4 is 38.7 Å². The fraction of sp³-hybridized carbons (Fsp3) is 0.360. The molecule has 36 heavy (non-hydrogen) atoms. The number of hydrogen-bond donors (Lipinski definition) is 2. The lowest BCUT2D eigenvalue weighted by Gasteiger charge is -2.30. The fourth-order valence-electron chi connectivity index (χ4n) is 4.92. The Morgan fingerprint density at radius 2 is 2.11 bits per heavy atom. The number of anilines is 2. The van der Waals surface area contributed by atoms with Gasteiger partial charge >= 0.3 is 0 Å². The van der Waals surface area contributed by atoms with E-state index < -0.39 is 10.0 Å². The summed E-state index contributed by atoms with van der Waals surface area (Å²) < 4.78 is 39.8. The van der Waals surface area contributed by atoms with Gasteiger partial charge in [-0.1, -0.05) is 6.07 Å². The van der Waals surface area contributed by atoms with Crippen LogP contribution in [0.4, 0.5) is 11.4 Å². The standard InChI is InChI=1S/C25H29N5O4S2/c1-33-22-15-17(10-11-19(22)28-36(2,31)32)30-24(23(27-25(30)35)20-8-3-4-12-26-20)21-9-5-13-29(21)16-18-7-6-14-34-18/h3-5,8-13,15,18,23-24,28H,6-7,14,16H2,1-2H3,(H,27,35)/t18-,23-,24-/m1/s1. The van der Waals surface area contributed by atoms with Crippen LogP contribution in [0.1, 0.15) is 36.3 Å². The molecule has 5 rings (SSSR count). The molecule has 190 valence electrons. The van der Waals surface area contributed by atoms with Gasteiger partial charge in [0.15, 0.2) is 5.11 Å². The second-order valence-corrected chi connectivity index (χ2v) is 11.1. The van der Waals surface area contributed by atoms with E-state index >= 15 is 0 Å². The van der Waals surface area contributed by atoms with Crippen LogP contribution < -0.4 is 19.7 Å². The number of nitrogens with one attached hydrogen (secondary N) is 2. The molecule has 0 bridgehead atoms.